The van der Waals surface area contributed by atoms with Crippen molar-refractivity contribution in [2.45, 2.75) is 25.9 Å². The molecule has 0 fully saturated rings. The summed E-state index contributed by atoms with van der Waals surface area (Å²) in [6, 6.07) is 7.50. The summed E-state index contributed by atoms with van der Waals surface area (Å²) in [4.78, 5) is 0. The minimum absolute atomic E-state index is 0.0843. The Morgan fingerprint density at radius 3 is 2.91 bits per heavy atom. The molecule has 1 aliphatic carbocycles. The molecule has 0 aromatic heterocycles. The van der Waals surface area contributed by atoms with Gasteiger partial charge in [-0.2, -0.15) is 0 Å². The molecule has 0 spiro atoms. The summed E-state index contributed by atoms with van der Waals surface area (Å²) >= 11 is 0. The highest BCUT2D eigenvalue weighted by molar-refractivity contribution is 5.29. The molecular weight excluding hydrogens is 290 g/mol. The lowest BCUT2D eigenvalue weighted by molar-refractivity contribution is 0.0556. The first-order chi connectivity index (χ1) is 11.1. The predicted octanol–water partition coefficient (Wildman–Crippen LogP) is 2.99. The van der Waals surface area contributed by atoms with Gasteiger partial charge in [0.15, 0.2) is 0 Å². The molecule has 0 radical (unpaired) electrons. The zero-order chi connectivity index (χ0) is 16.5. The molecule has 126 valence electrons. The Labute approximate surface area is 138 Å². The SMILES string of the molecule is CC1(COCCOc2cccc(C(O)CCN)c2)C=CC=CC1. The normalized spacial score (nSPS) is 21.3. The van der Waals surface area contributed by atoms with Gasteiger partial charge in [0.25, 0.3) is 0 Å². The van der Waals surface area contributed by atoms with Gasteiger partial charge in [-0.05, 0) is 37.1 Å². The number of aliphatic hydroxyl groups is 1. The van der Waals surface area contributed by atoms with Gasteiger partial charge in [0, 0.05) is 5.41 Å². The summed E-state index contributed by atoms with van der Waals surface area (Å²) in [6.45, 7) is 4.37. The van der Waals surface area contributed by atoms with E-state index >= 15 is 0 Å². The average molecular weight is 317 g/mol. The van der Waals surface area contributed by atoms with E-state index in [4.69, 9.17) is 15.2 Å². The number of hydrogen-bond donors (Lipinski definition) is 2. The van der Waals surface area contributed by atoms with Gasteiger partial charge in [0.1, 0.15) is 12.4 Å². The standard InChI is InChI=1S/C19H27NO3/c1-19(9-3-2-4-10-19)15-22-12-13-23-17-7-5-6-16(14-17)18(21)8-11-20/h2-7,9,14,18,21H,8,10-13,15,20H2,1H3. The molecule has 2 unspecified atom stereocenters. The van der Waals surface area contributed by atoms with Crippen LogP contribution in [-0.4, -0.2) is 31.5 Å². The Morgan fingerprint density at radius 1 is 1.30 bits per heavy atom. The third-order valence-corrected chi connectivity index (χ3v) is 3.94. The highest BCUT2D eigenvalue weighted by Crippen LogP contribution is 2.27. The number of hydrogen-bond acceptors (Lipinski definition) is 4. The summed E-state index contributed by atoms with van der Waals surface area (Å²) in [5, 5.41) is 9.96. The van der Waals surface area contributed by atoms with E-state index in [1.54, 1.807) is 0 Å². The fourth-order valence-corrected chi connectivity index (χ4v) is 2.54. The quantitative estimate of drug-likeness (QED) is 0.687. The van der Waals surface area contributed by atoms with Gasteiger partial charge in [-0.25, -0.2) is 0 Å². The van der Waals surface area contributed by atoms with E-state index in [2.05, 4.69) is 31.2 Å². The molecule has 1 aromatic carbocycles. The number of ether oxygens (including phenoxy) is 2. The van der Waals surface area contributed by atoms with Crippen molar-refractivity contribution in [3.63, 3.8) is 0 Å². The second-order valence-corrected chi connectivity index (χ2v) is 6.21. The van der Waals surface area contributed by atoms with Crippen LogP contribution >= 0.6 is 0 Å². The van der Waals surface area contributed by atoms with Crippen LogP contribution in [0.1, 0.15) is 31.4 Å². The van der Waals surface area contributed by atoms with E-state index in [0.29, 0.717) is 32.8 Å². The molecular formula is C19H27NO3. The maximum absolute atomic E-state index is 9.96. The van der Waals surface area contributed by atoms with Crippen LogP contribution in [-0.2, 0) is 4.74 Å². The Kier molecular flexibility index (Phi) is 6.84. The third kappa shape index (κ3) is 5.82. The average Bonchev–Trinajstić information content (AvgIpc) is 2.56. The molecule has 4 nitrogen and oxygen atoms in total. The van der Waals surface area contributed by atoms with Crippen molar-refractivity contribution in [1.29, 1.82) is 0 Å². The van der Waals surface area contributed by atoms with E-state index in [1.807, 2.05) is 24.3 Å². The molecule has 23 heavy (non-hydrogen) atoms. The van der Waals surface area contributed by atoms with Crippen LogP contribution in [0.25, 0.3) is 0 Å². The molecule has 2 atom stereocenters. The largest absolute Gasteiger partial charge is 0.491 e. The van der Waals surface area contributed by atoms with Gasteiger partial charge >= 0.3 is 0 Å². The number of benzene rings is 1. The third-order valence-electron chi connectivity index (χ3n) is 3.94. The number of aliphatic hydroxyl groups excluding tert-OH is 1. The van der Waals surface area contributed by atoms with Crippen molar-refractivity contribution in [1.82, 2.24) is 0 Å². The maximum atomic E-state index is 9.96. The zero-order valence-electron chi connectivity index (χ0n) is 13.8. The predicted molar refractivity (Wildman–Crippen MR) is 92.4 cm³/mol. The first kappa shape index (κ1) is 17.7. The number of nitrogens with two attached hydrogens (primary N) is 1. The zero-order valence-corrected chi connectivity index (χ0v) is 13.8. The van der Waals surface area contributed by atoms with Crippen LogP contribution in [0.4, 0.5) is 0 Å². The summed E-state index contributed by atoms with van der Waals surface area (Å²) in [5.41, 5.74) is 6.39. The monoisotopic (exact) mass is 317 g/mol. The second-order valence-electron chi connectivity index (χ2n) is 6.21. The summed E-state index contributed by atoms with van der Waals surface area (Å²) in [5.74, 6) is 0.744. The van der Waals surface area contributed by atoms with Crippen LogP contribution in [0.3, 0.4) is 0 Å². The molecule has 1 aliphatic rings. The molecule has 0 saturated heterocycles. The van der Waals surface area contributed by atoms with Crippen LogP contribution in [0, 0.1) is 5.41 Å². The van der Waals surface area contributed by atoms with Crippen molar-refractivity contribution < 1.29 is 14.6 Å². The van der Waals surface area contributed by atoms with Crippen LogP contribution in [0.5, 0.6) is 5.75 Å². The van der Waals surface area contributed by atoms with Gasteiger partial charge in [0.2, 0.25) is 0 Å². The highest BCUT2D eigenvalue weighted by atomic mass is 16.5. The van der Waals surface area contributed by atoms with E-state index < -0.39 is 6.10 Å². The molecule has 0 heterocycles. The molecule has 0 aliphatic heterocycles. The molecule has 4 heteroatoms. The molecule has 2 rings (SSSR count). The van der Waals surface area contributed by atoms with Gasteiger partial charge < -0.3 is 20.3 Å². The Morgan fingerprint density at radius 2 is 2.17 bits per heavy atom. The smallest absolute Gasteiger partial charge is 0.119 e. The Balaban J connectivity index is 1.71. The Hall–Kier alpha value is -1.62. The molecule has 0 bridgehead atoms. The first-order valence-electron chi connectivity index (χ1n) is 8.16. The minimum atomic E-state index is -0.536. The molecule has 0 amide bonds. The van der Waals surface area contributed by atoms with E-state index in [0.717, 1.165) is 17.7 Å². The molecule has 0 saturated carbocycles. The summed E-state index contributed by atoms with van der Waals surface area (Å²) < 4.78 is 11.4. The number of rotatable bonds is 9. The Bertz CT molecular complexity index is 541. The van der Waals surface area contributed by atoms with E-state index in [-0.39, 0.29) is 5.41 Å². The van der Waals surface area contributed by atoms with Crippen molar-refractivity contribution in [2.75, 3.05) is 26.4 Å². The van der Waals surface area contributed by atoms with E-state index in [1.165, 1.54) is 0 Å². The summed E-state index contributed by atoms with van der Waals surface area (Å²) in [6.07, 6.45) is 9.51. The lowest BCUT2D eigenvalue weighted by atomic mass is 9.85. The van der Waals surface area contributed by atoms with Crippen LogP contribution in [0.2, 0.25) is 0 Å². The molecule has 3 N–H and O–H groups in total. The van der Waals surface area contributed by atoms with Gasteiger partial charge in [0.05, 0.1) is 19.3 Å². The van der Waals surface area contributed by atoms with Gasteiger partial charge in [-0.1, -0.05) is 43.4 Å². The first-order valence-corrected chi connectivity index (χ1v) is 8.16. The molecule has 1 aromatic rings. The maximum Gasteiger partial charge on any atom is 0.119 e. The lowest BCUT2D eigenvalue weighted by Crippen LogP contribution is -2.22. The topological polar surface area (TPSA) is 64.7 Å². The van der Waals surface area contributed by atoms with Crippen molar-refractivity contribution in [2.24, 2.45) is 11.1 Å². The van der Waals surface area contributed by atoms with Gasteiger partial charge in [-0.15, -0.1) is 0 Å². The second kappa shape index (κ2) is 8.87. The lowest BCUT2D eigenvalue weighted by Gasteiger charge is -2.26. The van der Waals surface area contributed by atoms with E-state index in [9.17, 15) is 5.11 Å². The van der Waals surface area contributed by atoms with Crippen LogP contribution < -0.4 is 10.5 Å². The van der Waals surface area contributed by atoms with Crippen molar-refractivity contribution >= 4 is 0 Å². The van der Waals surface area contributed by atoms with Crippen LogP contribution in [0.15, 0.2) is 48.6 Å². The highest BCUT2D eigenvalue weighted by Gasteiger charge is 2.20. The van der Waals surface area contributed by atoms with Crippen molar-refractivity contribution in [3.05, 3.63) is 54.1 Å². The summed E-state index contributed by atoms with van der Waals surface area (Å²) in [7, 11) is 0. The number of allylic oxidation sites excluding steroid dienone is 3. The van der Waals surface area contributed by atoms with Gasteiger partial charge in [-0.3, -0.25) is 0 Å². The minimum Gasteiger partial charge on any atom is -0.491 e. The fraction of sp³-hybridized carbons (Fsp3) is 0.474. The fourth-order valence-electron chi connectivity index (χ4n) is 2.54. The van der Waals surface area contributed by atoms with Crippen molar-refractivity contribution in [3.8, 4) is 5.75 Å².